The van der Waals surface area contributed by atoms with Gasteiger partial charge in [0.05, 0.1) is 18.7 Å². The van der Waals surface area contributed by atoms with Crippen molar-refractivity contribution in [2.45, 2.75) is 43.9 Å². The van der Waals surface area contributed by atoms with Gasteiger partial charge in [-0.25, -0.2) is 0 Å². The highest BCUT2D eigenvalue weighted by Crippen LogP contribution is 2.41. The molecule has 1 aromatic heterocycles. The van der Waals surface area contributed by atoms with Gasteiger partial charge < -0.3 is 9.84 Å². The molecule has 1 aromatic carbocycles. The average molecular weight is 338 g/mol. The lowest BCUT2D eigenvalue weighted by atomic mass is 9.83. The molecule has 0 aliphatic carbocycles. The first-order valence-electron chi connectivity index (χ1n) is 9.22. The Balaban J connectivity index is 1.69. The number of aliphatic hydroxyl groups excluding tert-OH is 1. The zero-order chi connectivity index (χ0) is 17.4. The van der Waals surface area contributed by atoms with E-state index < -0.39 is 6.10 Å². The highest BCUT2D eigenvalue weighted by Gasteiger charge is 2.44. The summed E-state index contributed by atoms with van der Waals surface area (Å²) in [5.41, 5.74) is 1.85. The summed E-state index contributed by atoms with van der Waals surface area (Å²) in [4.78, 5) is 6.94. The SMILES string of the molecule is C=CC1CN2C1CCCCC2[C@H](O)c1ccnc2ccc(OC)cc12. The molecule has 2 saturated heterocycles. The van der Waals surface area contributed by atoms with Crippen LogP contribution in [0.3, 0.4) is 0 Å². The van der Waals surface area contributed by atoms with Gasteiger partial charge in [0.15, 0.2) is 0 Å². The van der Waals surface area contributed by atoms with E-state index in [1.807, 2.05) is 24.3 Å². The number of aromatic nitrogens is 1. The van der Waals surface area contributed by atoms with E-state index >= 15 is 0 Å². The Morgan fingerprint density at radius 1 is 1.32 bits per heavy atom. The number of ether oxygens (including phenoxy) is 1. The van der Waals surface area contributed by atoms with Crippen molar-refractivity contribution in [3.05, 3.63) is 48.7 Å². The van der Waals surface area contributed by atoms with Gasteiger partial charge in [0.25, 0.3) is 0 Å². The van der Waals surface area contributed by atoms with Crippen LogP contribution in [0, 0.1) is 5.92 Å². The Bertz CT molecular complexity index is 776. The van der Waals surface area contributed by atoms with Crippen LogP contribution in [0.5, 0.6) is 5.75 Å². The van der Waals surface area contributed by atoms with E-state index in [1.54, 1.807) is 13.3 Å². The van der Waals surface area contributed by atoms with Crippen molar-refractivity contribution in [1.29, 1.82) is 0 Å². The molecule has 25 heavy (non-hydrogen) atoms. The molecule has 1 N–H and O–H groups in total. The van der Waals surface area contributed by atoms with E-state index in [9.17, 15) is 5.11 Å². The normalized spacial score (nSPS) is 27.8. The average Bonchev–Trinajstić information content (AvgIpc) is 2.80. The zero-order valence-corrected chi connectivity index (χ0v) is 14.8. The molecule has 0 radical (unpaired) electrons. The molecule has 3 heterocycles. The van der Waals surface area contributed by atoms with Crippen LogP contribution in [-0.2, 0) is 0 Å². The van der Waals surface area contributed by atoms with E-state index in [4.69, 9.17) is 4.74 Å². The van der Waals surface area contributed by atoms with Crippen LogP contribution in [0.1, 0.15) is 37.4 Å². The molecule has 0 saturated carbocycles. The molecular weight excluding hydrogens is 312 g/mol. The summed E-state index contributed by atoms with van der Waals surface area (Å²) in [6, 6.07) is 8.52. The zero-order valence-electron chi connectivity index (χ0n) is 14.8. The number of benzene rings is 1. The van der Waals surface area contributed by atoms with Gasteiger partial charge in [-0.05, 0) is 42.7 Å². The largest absolute Gasteiger partial charge is 0.497 e. The third-order valence-electron chi connectivity index (χ3n) is 5.99. The van der Waals surface area contributed by atoms with Crippen LogP contribution in [-0.4, -0.2) is 40.7 Å². The summed E-state index contributed by atoms with van der Waals surface area (Å²) in [6.45, 7) is 5.00. The standard InChI is InChI=1S/C21H26N2O2/c1-3-14-13-23-19(14)6-4-5-7-20(23)21(24)16-10-11-22-18-9-8-15(25-2)12-17(16)18/h3,8-12,14,19-21,24H,1,4-7,13H2,2H3/t14?,19?,20?,21-/m1/s1. The van der Waals surface area contributed by atoms with E-state index in [2.05, 4.69) is 22.5 Å². The predicted molar refractivity (Wildman–Crippen MR) is 99.7 cm³/mol. The van der Waals surface area contributed by atoms with Gasteiger partial charge >= 0.3 is 0 Å². The highest BCUT2D eigenvalue weighted by molar-refractivity contribution is 5.83. The van der Waals surface area contributed by atoms with Gasteiger partial charge in [0.1, 0.15) is 5.75 Å². The van der Waals surface area contributed by atoms with Gasteiger partial charge in [-0.2, -0.15) is 0 Å². The van der Waals surface area contributed by atoms with Gasteiger partial charge in [-0.3, -0.25) is 9.88 Å². The molecule has 4 atom stereocenters. The summed E-state index contributed by atoms with van der Waals surface area (Å²) in [7, 11) is 1.67. The maximum atomic E-state index is 11.3. The molecular formula is C21H26N2O2. The molecule has 0 amide bonds. The minimum absolute atomic E-state index is 0.167. The third kappa shape index (κ3) is 2.83. The van der Waals surface area contributed by atoms with Crippen LogP contribution in [0.2, 0.25) is 0 Å². The van der Waals surface area contributed by atoms with Crippen molar-refractivity contribution in [2.75, 3.05) is 13.7 Å². The molecule has 2 fully saturated rings. The Morgan fingerprint density at radius 3 is 2.96 bits per heavy atom. The number of hydrogen-bond acceptors (Lipinski definition) is 4. The van der Waals surface area contributed by atoms with Crippen LogP contribution in [0.25, 0.3) is 10.9 Å². The summed E-state index contributed by atoms with van der Waals surface area (Å²) >= 11 is 0. The summed E-state index contributed by atoms with van der Waals surface area (Å²) < 4.78 is 5.37. The molecule has 0 spiro atoms. The third-order valence-corrected chi connectivity index (χ3v) is 5.99. The van der Waals surface area contributed by atoms with Gasteiger partial charge in [0, 0.05) is 36.1 Å². The monoisotopic (exact) mass is 338 g/mol. The van der Waals surface area contributed by atoms with E-state index in [0.29, 0.717) is 12.0 Å². The molecule has 4 nitrogen and oxygen atoms in total. The van der Waals surface area contributed by atoms with Crippen LogP contribution < -0.4 is 4.74 Å². The second-order valence-corrected chi connectivity index (χ2v) is 7.24. The number of methoxy groups -OCH3 is 1. The van der Waals surface area contributed by atoms with E-state index in [-0.39, 0.29) is 6.04 Å². The first-order valence-corrected chi connectivity index (χ1v) is 9.22. The Hall–Kier alpha value is -1.91. The molecule has 0 bridgehead atoms. The van der Waals surface area contributed by atoms with E-state index in [1.165, 1.54) is 19.3 Å². The molecule has 2 aliphatic rings. The molecule has 3 unspecified atom stereocenters. The van der Waals surface area contributed by atoms with Crippen molar-refractivity contribution in [3.8, 4) is 5.75 Å². The van der Waals surface area contributed by atoms with Gasteiger partial charge in [-0.15, -0.1) is 6.58 Å². The fourth-order valence-electron chi connectivity index (χ4n) is 4.55. The Kier molecular flexibility index (Phi) is 4.48. The number of nitrogens with zero attached hydrogens (tertiary/aromatic N) is 2. The first kappa shape index (κ1) is 16.6. The van der Waals surface area contributed by atoms with Crippen molar-refractivity contribution < 1.29 is 9.84 Å². The number of pyridine rings is 1. The minimum Gasteiger partial charge on any atom is -0.497 e. The van der Waals surface area contributed by atoms with Crippen LogP contribution >= 0.6 is 0 Å². The number of aliphatic hydroxyl groups is 1. The fraction of sp³-hybridized carbons (Fsp3) is 0.476. The predicted octanol–water partition coefficient (Wildman–Crippen LogP) is 3.71. The number of hydrogen-bond donors (Lipinski definition) is 1. The van der Waals surface area contributed by atoms with E-state index in [0.717, 1.165) is 35.2 Å². The lowest BCUT2D eigenvalue weighted by Crippen LogP contribution is -2.59. The maximum Gasteiger partial charge on any atom is 0.119 e. The van der Waals surface area contributed by atoms with Crippen LogP contribution in [0.4, 0.5) is 0 Å². The quantitative estimate of drug-likeness (QED) is 0.863. The fourth-order valence-corrected chi connectivity index (χ4v) is 4.55. The molecule has 2 aliphatic heterocycles. The summed E-state index contributed by atoms with van der Waals surface area (Å²) in [5.74, 6) is 1.37. The second-order valence-electron chi connectivity index (χ2n) is 7.24. The summed E-state index contributed by atoms with van der Waals surface area (Å²) in [6.07, 6.45) is 8.03. The Labute approximate surface area is 149 Å². The summed E-state index contributed by atoms with van der Waals surface area (Å²) in [5, 5.41) is 12.3. The molecule has 132 valence electrons. The van der Waals surface area contributed by atoms with Gasteiger partial charge in [-0.1, -0.05) is 18.9 Å². The van der Waals surface area contributed by atoms with Crippen molar-refractivity contribution >= 4 is 10.9 Å². The first-order chi connectivity index (χ1) is 12.2. The maximum absolute atomic E-state index is 11.3. The highest BCUT2D eigenvalue weighted by atomic mass is 16.5. The molecule has 2 aromatic rings. The van der Waals surface area contributed by atoms with Crippen molar-refractivity contribution in [2.24, 2.45) is 5.92 Å². The number of fused-ring (bicyclic) bond motifs is 2. The lowest BCUT2D eigenvalue weighted by Gasteiger charge is -2.51. The molecule has 4 heteroatoms. The van der Waals surface area contributed by atoms with Crippen molar-refractivity contribution in [3.63, 3.8) is 0 Å². The van der Waals surface area contributed by atoms with Crippen molar-refractivity contribution in [1.82, 2.24) is 9.88 Å². The van der Waals surface area contributed by atoms with Gasteiger partial charge in [0.2, 0.25) is 0 Å². The number of rotatable bonds is 4. The molecule has 4 rings (SSSR count). The lowest BCUT2D eigenvalue weighted by molar-refractivity contribution is -0.0498. The Morgan fingerprint density at radius 2 is 2.16 bits per heavy atom. The van der Waals surface area contributed by atoms with Crippen LogP contribution in [0.15, 0.2) is 43.1 Å². The minimum atomic E-state index is -0.510. The second kappa shape index (κ2) is 6.77. The topological polar surface area (TPSA) is 45.6 Å². The smallest absolute Gasteiger partial charge is 0.119 e.